The van der Waals surface area contributed by atoms with Crippen LogP contribution in [-0.4, -0.2) is 34.1 Å². The molecule has 0 radical (unpaired) electrons. The van der Waals surface area contributed by atoms with Gasteiger partial charge in [-0.2, -0.15) is 0 Å². The van der Waals surface area contributed by atoms with Gasteiger partial charge in [-0.05, 0) is 0 Å². The molecule has 1 heterocycles. The molecule has 0 saturated heterocycles. The van der Waals surface area contributed by atoms with Gasteiger partial charge in [0.15, 0.2) is 0 Å². The predicted octanol–water partition coefficient (Wildman–Crippen LogP) is -0.855. The van der Waals surface area contributed by atoms with Crippen LogP contribution < -0.4 is 0 Å². The summed E-state index contributed by atoms with van der Waals surface area (Å²) in [4.78, 5) is 25.4. The van der Waals surface area contributed by atoms with Gasteiger partial charge in [0, 0.05) is 0 Å². The first-order chi connectivity index (χ1) is 5.95. The van der Waals surface area contributed by atoms with E-state index < -0.39 is 7.82 Å². The highest BCUT2D eigenvalue weighted by Gasteiger charge is 2.11. The zero-order valence-electron chi connectivity index (χ0n) is 6.49. The molecular formula is C5H9O7P. The van der Waals surface area contributed by atoms with Gasteiger partial charge in [0.05, 0.1) is 19.3 Å². The Morgan fingerprint density at radius 2 is 2.00 bits per heavy atom. The zero-order valence-corrected chi connectivity index (χ0v) is 7.39. The van der Waals surface area contributed by atoms with E-state index in [0.29, 0.717) is 0 Å². The lowest BCUT2D eigenvalue weighted by Gasteiger charge is -2.00. The molecule has 0 aliphatic carbocycles. The van der Waals surface area contributed by atoms with Crippen LogP contribution in [0.1, 0.15) is 0 Å². The van der Waals surface area contributed by atoms with Crippen LogP contribution in [0.5, 0.6) is 0 Å². The van der Waals surface area contributed by atoms with Gasteiger partial charge in [0.2, 0.25) is 0 Å². The first-order valence-corrected chi connectivity index (χ1v) is 4.67. The molecule has 13 heavy (non-hydrogen) atoms. The molecular weight excluding hydrogens is 203 g/mol. The molecule has 1 aliphatic rings. The maximum Gasteiger partial charge on any atom is 0.469 e. The van der Waals surface area contributed by atoms with Crippen molar-refractivity contribution in [2.45, 2.75) is 0 Å². The van der Waals surface area contributed by atoms with Crippen LogP contribution in [0, 0.1) is 0 Å². The Kier molecular flexibility index (Phi) is 5.52. The van der Waals surface area contributed by atoms with Crippen molar-refractivity contribution in [3.63, 3.8) is 0 Å². The number of phosphoric ester groups is 1. The van der Waals surface area contributed by atoms with Crippen LogP contribution in [0.4, 0.5) is 0 Å². The summed E-state index contributed by atoms with van der Waals surface area (Å²) in [5.74, 6) is -0.245. The lowest BCUT2D eigenvalue weighted by Crippen LogP contribution is -2.01. The number of esters is 1. The molecule has 1 aliphatic heterocycles. The van der Waals surface area contributed by atoms with Gasteiger partial charge in [-0.15, -0.1) is 0 Å². The van der Waals surface area contributed by atoms with Crippen LogP contribution in [0.15, 0.2) is 12.3 Å². The van der Waals surface area contributed by atoms with Crippen molar-refractivity contribution >= 4 is 13.8 Å². The van der Waals surface area contributed by atoms with Crippen LogP contribution in [0.3, 0.4) is 0 Å². The largest absolute Gasteiger partial charge is 0.469 e. The summed E-state index contributed by atoms with van der Waals surface area (Å²) in [6.07, 6.45) is 2.71. The molecule has 0 bridgehead atoms. The van der Waals surface area contributed by atoms with Gasteiger partial charge in [0.25, 0.3) is 0 Å². The van der Waals surface area contributed by atoms with Crippen LogP contribution >= 0.6 is 7.82 Å². The van der Waals surface area contributed by atoms with Gasteiger partial charge in [0.1, 0.15) is 6.26 Å². The number of carbonyl (C=O) groups is 1. The van der Waals surface area contributed by atoms with E-state index in [1.807, 2.05) is 0 Å². The molecule has 8 heteroatoms. The molecule has 0 aromatic rings. The molecule has 0 aromatic carbocycles. The van der Waals surface area contributed by atoms with Crippen molar-refractivity contribution in [2.24, 2.45) is 0 Å². The number of hydrogen-bond donors (Lipinski definition) is 3. The van der Waals surface area contributed by atoms with Gasteiger partial charge in [-0.25, -0.2) is 9.36 Å². The average molecular weight is 212 g/mol. The zero-order chi connectivity index (χ0) is 10.3. The van der Waals surface area contributed by atoms with Gasteiger partial charge in [-0.3, -0.25) is 4.52 Å². The molecule has 0 saturated carbocycles. The second-order valence-electron chi connectivity index (χ2n) is 1.79. The Hall–Kier alpha value is -0.720. The summed E-state index contributed by atoms with van der Waals surface area (Å²) < 4.78 is 17.7. The van der Waals surface area contributed by atoms with Crippen LogP contribution in [0.2, 0.25) is 0 Å². The summed E-state index contributed by atoms with van der Waals surface area (Å²) >= 11 is 0. The molecule has 7 nitrogen and oxygen atoms in total. The van der Waals surface area contributed by atoms with E-state index in [9.17, 15) is 9.36 Å². The van der Waals surface area contributed by atoms with E-state index in [4.69, 9.17) is 14.9 Å². The fourth-order valence-corrected chi connectivity index (χ4v) is 0.603. The second kappa shape index (κ2) is 5.85. The highest BCUT2D eigenvalue weighted by Crippen LogP contribution is 2.34. The van der Waals surface area contributed by atoms with Gasteiger partial charge in [-0.1, -0.05) is 0 Å². The molecule has 0 unspecified atom stereocenters. The standard InChI is InChI=1S/C3H2O2.C2H7O5P/c4-3-1-2-5-3;3-1-2-7-8(4,5)6/h1-2H;3H,1-2H2,(H2,4,5,6). The van der Waals surface area contributed by atoms with Crippen molar-refractivity contribution in [3.05, 3.63) is 12.3 Å². The Morgan fingerprint density at radius 1 is 1.54 bits per heavy atom. The number of aliphatic hydroxyl groups excluding tert-OH is 1. The van der Waals surface area contributed by atoms with E-state index in [0.717, 1.165) is 0 Å². The van der Waals surface area contributed by atoms with E-state index in [1.165, 1.54) is 12.3 Å². The van der Waals surface area contributed by atoms with Crippen molar-refractivity contribution in [2.75, 3.05) is 13.2 Å². The van der Waals surface area contributed by atoms with E-state index >= 15 is 0 Å². The number of carbonyl (C=O) groups excluding carboxylic acids is 1. The second-order valence-corrected chi connectivity index (χ2v) is 3.03. The average Bonchev–Trinajstić information content (AvgIpc) is 1.97. The Bertz CT molecular complexity index is 229. The minimum absolute atomic E-state index is 0.245. The van der Waals surface area contributed by atoms with E-state index in [2.05, 4.69) is 9.26 Å². The molecule has 0 amide bonds. The van der Waals surface area contributed by atoms with Crippen LogP contribution in [-0.2, 0) is 18.6 Å². The smallest absolute Gasteiger partial charge is 0.431 e. The van der Waals surface area contributed by atoms with Crippen molar-refractivity contribution in [1.82, 2.24) is 0 Å². The maximum absolute atomic E-state index is 9.75. The SMILES string of the molecule is O=C1C=CO1.O=P(O)(O)OCCO. The van der Waals surface area contributed by atoms with Gasteiger partial charge >= 0.3 is 13.8 Å². The number of rotatable bonds is 3. The first kappa shape index (κ1) is 12.3. The molecule has 1 rings (SSSR count). The minimum Gasteiger partial charge on any atom is -0.431 e. The third-order valence-electron chi connectivity index (χ3n) is 0.739. The minimum atomic E-state index is -4.34. The summed E-state index contributed by atoms with van der Waals surface area (Å²) in [6, 6.07) is 0. The fourth-order valence-electron chi connectivity index (χ4n) is 0.283. The summed E-state index contributed by atoms with van der Waals surface area (Å²) in [5.41, 5.74) is 0. The molecule has 3 N–H and O–H groups in total. The Morgan fingerprint density at radius 3 is 2.08 bits per heavy atom. The Labute approximate surface area is 73.8 Å². The number of phosphoric acid groups is 1. The monoisotopic (exact) mass is 212 g/mol. The van der Waals surface area contributed by atoms with Crippen LogP contribution in [0.25, 0.3) is 0 Å². The first-order valence-electron chi connectivity index (χ1n) is 3.14. The highest BCUT2D eigenvalue weighted by molar-refractivity contribution is 7.46. The normalized spacial score (nSPS) is 13.9. The van der Waals surface area contributed by atoms with Crippen molar-refractivity contribution in [3.8, 4) is 0 Å². The maximum atomic E-state index is 9.75. The fraction of sp³-hybridized carbons (Fsp3) is 0.400. The van der Waals surface area contributed by atoms with E-state index in [-0.39, 0.29) is 19.2 Å². The lowest BCUT2D eigenvalue weighted by atomic mass is 10.6. The summed E-state index contributed by atoms with van der Waals surface area (Å²) in [7, 11) is -4.34. The third kappa shape index (κ3) is 9.19. The summed E-state index contributed by atoms with van der Waals surface area (Å²) in [5, 5.41) is 7.96. The highest BCUT2D eigenvalue weighted by atomic mass is 31.2. The number of ether oxygens (including phenoxy) is 1. The predicted molar refractivity (Wildman–Crippen MR) is 40.3 cm³/mol. The number of aliphatic hydroxyl groups is 1. The number of cyclic esters (lactones) is 1. The Balaban J connectivity index is 0.000000243. The van der Waals surface area contributed by atoms with Crippen molar-refractivity contribution in [1.29, 1.82) is 0 Å². The molecule has 76 valence electrons. The van der Waals surface area contributed by atoms with Crippen molar-refractivity contribution < 1.29 is 33.5 Å². The van der Waals surface area contributed by atoms with E-state index in [1.54, 1.807) is 0 Å². The third-order valence-corrected chi connectivity index (χ3v) is 1.26. The lowest BCUT2D eigenvalue weighted by molar-refractivity contribution is -0.136. The molecule has 0 fully saturated rings. The molecule has 0 aromatic heterocycles. The topological polar surface area (TPSA) is 113 Å². The summed E-state index contributed by atoms with van der Waals surface area (Å²) in [6.45, 7) is -0.713. The van der Waals surface area contributed by atoms with Gasteiger partial charge < -0.3 is 19.6 Å². The number of hydrogen-bond acceptors (Lipinski definition) is 5. The molecule has 0 atom stereocenters. The quantitative estimate of drug-likeness (QED) is 0.412. The molecule has 0 spiro atoms.